The highest BCUT2D eigenvalue weighted by Crippen LogP contribution is 2.17. The summed E-state index contributed by atoms with van der Waals surface area (Å²) in [4.78, 5) is 24.4. The van der Waals surface area contributed by atoms with Gasteiger partial charge in [-0.25, -0.2) is 0 Å². The lowest BCUT2D eigenvalue weighted by Gasteiger charge is -2.30. The summed E-state index contributed by atoms with van der Waals surface area (Å²) in [5, 5.41) is 11.6. The van der Waals surface area contributed by atoms with Crippen LogP contribution in [0.2, 0.25) is 0 Å². The number of carbonyl (C=O) groups excluding carboxylic acids is 1. The van der Waals surface area contributed by atoms with Crippen molar-refractivity contribution >= 4 is 17.6 Å². The van der Waals surface area contributed by atoms with Gasteiger partial charge in [-0.05, 0) is 26.0 Å². The largest absolute Gasteiger partial charge is 0.481 e. The van der Waals surface area contributed by atoms with Gasteiger partial charge in [-0.3, -0.25) is 9.59 Å². The fourth-order valence-corrected chi connectivity index (χ4v) is 1.85. The molecule has 0 aliphatic heterocycles. The number of benzene rings is 1. The van der Waals surface area contributed by atoms with E-state index in [0.29, 0.717) is 13.1 Å². The standard InChI is InChI=1S/C14H20N2O3/c1-3-15-14(19)11(2)16(10-9-13(17)18)12-7-5-4-6-8-12/h4-8,11H,3,9-10H2,1-2H3,(H,15,19)(H,17,18). The van der Waals surface area contributed by atoms with Gasteiger partial charge in [-0.2, -0.15) is 0 Å². The Morgan fingerprint density at radius 2 is 1.95 bits per heavy atom. The minimum atomic E-state index is -0.871. The van der Waals surface area contributed by atoms with Crippen LogP contribution in [-0.4, -0.2) is 36.1 Å². The van der Waals surface area contributed by atoms with E-state index in [0.717, 1.165) is 5.69 Å². The second kappa shape index (κ2) is 7.41. The number of hydrogen-bond donors (Lipinski definition) is 2. The molecule has 0 fully saturated rings. The van der Waals surface area contributed by atoms with Gasteiger partial charge in [-0.15, -0.1) is 0 Å². The van der Waals surface area contributed by atoms with Crippen LogP contribution in [0.5, 0.6) is 0 Å². The second-order valence-corrected chi connectivity index (χ2v) is 4.24. The highest BCUT2D eigenvalue weighted by molar-refractivity contribution is 5.85. The summed E-state index contributed by atoms with van der Waals surface area (Å²) < 4.78 is 0. The molecule has 0 saturated carbocycles. The number of hydrogen-bond acceptors (Lipinski definition) is 3. The lowest BCUT2D eigenvalue weighted by Crippen LogP contribution is -2.46. The minimum absolute atomic E-state index is 0.00135. The van der Waals surface area contributed by atoms with E-state index < -0.39 is 12.0 Å². The van der Waals surface area contributed by atoms with Crippen LogP contribution in [0.1, 0.15) is 20.3 Å². The van der Waals surface area contributed by atoms with Crippen molar-refractivity contribution in [1.82, 2.24) is 5.32 Å². The zero-order valence-corrected chi connectivity index (χ0v) is 11.3. The molecule has 2 N–H and O–H groups in total. The van der Waals surface area contributed by atoms with Crippen molar-refractivity contribution in [2.45, 2.75) is 26.3 Å². The second-order valence-electron chi connectivity index (χ2n) is 4.24. The monoisotopic (exact) mass is 264 g/mol. The van der Waals surface area contributed by atoms with Gasteiger partial charge < -0.3 is 15.3 Å². The highest BCUT2D eigenvalue weighted by atomic mass is 16.4. The lowest BCUT2D eigenvalue weighted by molar-refractivity contribution is -0.137. The minimum Gasteiger partial charge on any atom is -0.481 e. The lowest BCUT2D eigenvalue weighted by atomic mass is 10.2. The Labute approximate surface area is 113 Å². The molecular weight excluding hydrogens is 244 g/mol. The van der Waals surface area contributed by atoms with Crippen LogP contribution in [0.4, 0.5) is 5.69 Å². The first-order chi connectivity index (χ1) is 9.06. The maximum absolute atomic E-state index is 11.9. The molecule has 1 aromatic carbocycles. The molecule has 1 rings (SSSR count). The summed E-state index contributed by atoms with van der Waals surface area (Å²) in [5.41, 5.74) is 0.850. The predicted molar refractivity (Wildman–Crippen MR) is 74.2 cm³/mol. The predicted octanol–water partition coefficient (Wildman–Crippen LogP) is 1.49. The van der Waals surface area contributed by atoms with Crippen molar-refractivity contribution in [3.63, 3.8) is 0 Å². The number of anilines is 1. The van der Waals surface area contributed by atoms with E-state index in [-0.39, 0.29) is 12.3 Å². The maximum atomic E-state index is 11.9. The molecule has 1 amide bonds. The number of aliphatic carboxylic acids is 1. The number of carboxylic acids is 1. The Morgan fingerprint density at radius 3 is 2.47 bits per heavy atom. The Morgan fingerprint density at radius 1 is 1.32 bits per heavy atom. The molecule has 1 aromatic rings. The topological polar surface area (TPSA) is 69.6 Å². The zero-order valence-electron chi connectivity index (χ0n) is 11.3. The van der Waals surface area contributed by atoms with Crippen LogP contribution >= 0.6 is 0 Å². The smallest absolute Gasteiger partial charge is 0.305 e. The maximum Gasteiger partial charge on any atom is 0.305 e. The summed E-state index contributed by atoms with van der Waals surface area (Å²) in [6.45, 7) is 4.50. The number of rotatable bonds is 7. The third kappa shape index (κ3) is 4.62. The van der Waals surface area contributed by atoms with Crippen molar-refractivity contribution in [2.75, 3.05) is 18.0 Å². The van der Waals surface area contributed by atoms with E-state index in [9.17, 15) is 9.59 Å². The normalized spacial score (nSPS) is 11.7. The van der Waals surface area contributed by atoms with Crippen molar-refractivity contribution in [3.8, 4) is 0 Å². The molecule has 1 unspecified atom stereocenters. The number of nitrogens with zero attached hydrogens (tertiary/aromatic N) is 1. The Bertz CT molecular complexity index is 420. The molecule has 0 bridgehead atoms. The Hall–Kier alpha value is -2.04. The van der Waals surface area contributed by atoms with Crippen LogP contribution in [0.15, 0.2) is 30.3 Å². The zero-order chi connectivity index (χ0) is 14.3. The van der Waals surface area contributed by atoms with E-state index >= 15 is 0 Å². The Kier molecular flexibility index (Phi) is 5.85. The molecule has 0 saturated heterocycles. The molecule has 0 spiro atoms. The molecular formula is C14H20N2O3. The number of likely N-dealkylation sites (N-methyl/N-ethyl adjacent to an activating group) is 1. The highest BCUT2D eigenvalue weighted by Gasteiger charge is 2.21. The summed E-state index contributed by atoms with van der Waals surface area (Å²) in [6.07, 6.45) is -0.00135. The van der Waals surface area contributed by atoms with E-state index in [1.54, 1.807) is 11.8 Å². The van der Waals surface area contributed by atoms with Crippen LogP contribution in [0.3, 0.4) is 0 Å². The molecule has 5 nitrogen and oxygen atoms in total. The summed E-state index contributed by atoms with van der Waals surface area (Å²) >= 11 is 0. The molecule has 19 heavy (non-hydrogen) atoms. The first-order valence-corrected chi connectivity index (χ1v) is 6.37. The van der Waals surface area contributed by atoms with Gasteiger partial charge in [0.15, 0.2) is 0 Å². The van der Waals surface area contributed by atoms with E-state index in [1.807, 2.05) is 37.3 Å². The molecule has 0 aliphatic rings. The fraction of sp³-hybridized carbons (Fsp3) is 0.429. The van der Waals surface area contributed by atoms with Crippen molar-refractivity contribution < 1.29 is 14.7 Å². The number of amides is 1. The molecule has 5 heteroatoms. The van der Waals surface area contributed by atoms with E-state index in [4.69, 9.17) is 5.11 Å². The first kappa shape index (κ1) is 15.0. The van der Waals surface area contributed by atoms with Crippen LogP contribution < -0.4 is 10.2 Å². The van der Waals surface area contributed by atoms with Gasteiger partial charge >= 0.3 is 5.97 Å². The third-order valence-corrected chi connectivity index (χ3v) is 2.85. The number of para-hydroxylation sites is 1. The quantitative estimate of drug-likeness (QED) is 0.783. The van der Waals surface area contributed by atoms with Crippen LogP contribution in [0, 0.1) is 0 Å². The van der Waals surface area contributed by atoms with Crippen molar-refractivity contribution in [2.24, 2.45) is 0 Å². The molecule has 0 aliphatic carbocycles. The summed E-state index contributed by atoms with van der Waals surface area (Å²) in [6, 6.07) is 8.97. The third-order valence-electron chi connectivity index (χ3n) is 2.85. The summed E-state index contributed by atoms with van der Waals surface area (Å²) in [7, 11) is 0. The molecule has 0 heterocycles. The molecule has 0 aromatic heterocycles. The molecule has 0 radical (unpaired) electrons. The fourth-order valence-electron chi connectivity index (χ4n) is 1.85. The van der Waals surface area contributed by atoms with Gasteiger partial charge in [0.2, 0.25) is 5.91 Å². The molecule has 104 valence electrons. The number of nitrogens with one attached hydrogen (secondary N) is 1. The van der Waals surface area contributed by atoms with Crippen LogP contribution in [-0.2, 0) is 9.59 Å². The average Bonchev–Trinajstić information content (AvgIpc) is 2.40. The van der Waals surface area contributed by atoms with Crippen LogP contribution in [0.25, 0.3) is 0 Å². The molecule has 1 atom stereocenters. The first-order valence-electron chi connectivity index (χ1n) is 6.37. The van der Waals surface area contributed by atoms with Gasteiger partial charge in [0.1, 0.15) is 6.04 Å². The van der Waals surface area contributed by atoms with E-state index in [1.165, 1.54) is 0 Å². The van der Waals surface area contributed by atoms with Gasteiger partial charge in [0, 0.05) is 18.8 Å². The van der Waals surface area contributed by atoms with Gasteiger partial charge in [0.25, 0.3) is 0 Å². The van der Waals surface area contributed by atoms with Gasteiger partial charge in [0.05, 0.1) is 6.42 Å². The van der Waals surface area contributed by atoms with Crippen molar-refractivity contribution in [3.05, 3.63) is 30.3 Å². The number of carbonyl (C=O) groups is 2. The van der Waals surface area contributed by atoms with Crippen molar-refractivity contribution in [1.29, 1.82) is 0 Å². The Balaban J connectivity index is 2.85. The summed E-state index contributed by atoms with van der Waals surface area (Å²) in [5.74, 6) is -0.972. The van der Waals surface area contributed by atoms with Gasteiger partial charge in [-0.1, -0.05) is 18.2 Å². The van der Waals surface area contributed by atoms with E-state index in [2.05, 4.69) is 5.32 Å². The SMILES string of the molecule is CCNC(=O)C(C)N(CCC(=O)O)c1ccccc1. The number of carboxylic acid groups (broad SMARTS) is 1. The average molecular weight is 264 g/mol.